The van der Waals surface area contributed by atoms with Crippen molar-refractivity contribution in [2.75, 3.05) is 26.2 Å². The molecule has 1 unspecified atom stereocenters. The van der Waals surface area contributed by atoms with Gasteiger partial charge in [0, 0.05) is 32.3 Å². The lowest BCUT2D eigenvalue weighted by Crippen LogP contribution is -2.44. The first-order valence-corrected chi connectivity index (χ1v) is 7.23. The van der Waals surface area contributed by atoms with Gasteiger partial charge in [0.15, 0.2) is 0 Å². The molecule has 0 bridgehead atoms. The number of amides is 3. The summed E-state index contributed by atoms with van der Waals surface area (Å²) in [6.07, 6.45) is 3.04. The summed E-state index contributed by atoms with van der Waals surface area (Å²) in [5.74, 6) is -0.138. The number of hydrogen-bond donors (Lipinski definition) is 2. The van der Waals surface area contributed by atoms with Gasteiger partial charge >= 0.3 is 6.03 Å². The van der Waals surface area contributed by atoms with E-state index < -0.39 is 0 Å². The van der Waals surface area contributed by atoms with Crippen molar-refractivity contribution in [3.05, 3.63) is 12.7 Å². The van der Waals surface area contributed by atoms with Crippen molar-refractivity contribution < 1.29 is 14.3 Å². The maximum atomic E-state index is 12.2. The number of carbonyl (C=O) groups is 2. The van der Waals surface area contributed by atoms with Crippen LogP contribution in [0.25, 0.3) is 0 Å². The summed E-state index contributed by atoms with van der Waals surface area (Å²) in [6, 6.07) is -0.0198. The Morgan fingerprint density at radius 3 is 2.95 bits per heavy atom. The van der Waals surface area contributed by atoms with Gasteiger partial charge in [0.1, 0.15) is 0 Å². The van der Waals surface area contributed by atoms with Crippen LogP contribution < -0.4 is 10.6 Å². The third-order valence-electron chi connectivity index (χ3n) is 3.85. The fraction of sp³-hybridized carbons (Fsp3) is 0.714. The first-order chi connectivity index (χ1) is 9.65. The number of rotatable bonds is 4. The minimum atomic E-state index is -0.184. The average molecular weight is 281 g/mol. The molecule has 0 aliphatic carbocycles. The molecular formula is C14H23N3O3. The van der Waals surface area contributed by atoms with E-state index in [2.05, 4.69) is 17.2 Å². The van der Waals surface area contributed by atoms with Crippen LogP contribution in [0.15, 0.2) is 12.7 Å². The molecule has 20 heavy (non-hydrogen) atoms. The molecule has 2 N–H and O–H groups in total. The summed E-state index contributed by atoms with van der Waals surface area (Å²) in [6.45, 7) is 8.06. The third-order valence-corrected chi connectivity index (χ3v) is 3.85. The normalized spacial score (nSPS) is 29.2. The largest absolute Gasteiger partial charge is 0.373 e. The SMILES string of the molecule is C=C[C@@H]1OCC[C@H]1C(=O)NC1CCN(C(=O)NCC)C1. The lowest BCUT2D eigenvalue weighted by Gasteiger charge is -2.20. The van der Waals surface area contributed by atoms with Crippen LogP contribution in [0.5, 0.6) is 0 Å². The predicted molar refractivity (Wildman–Crippen MR) is 75.2 cm³/mol. The van der Waals surface area contributed by atoms with Crippen molar-refractivity contribution in [1.29, 1.82) is 0 Å². The Bertz CT molecular complexity index is 386. The molecule has 2 heterocycles. The molecule has 0 aromatic rings. The number of ether oxygens (including phenoxy) is 1. The summed E-state index contributed by atoms with van der Waals surface area (Å²) in [5.41, 5.74) is 0. The summed E-state index contributed by atoms with van der Waals surface area (Å²) in [7, 11) is 0. The fourth-order valence-corrected chi connectivity index (χ4v) is 2.76. The van der Waals surface area contributed by atoms with Crippen LogP contribution in [-0.2, 0) is 9.53 Å². The van der Waals surface area contributed by atoms with Crippen LogP contribution in [0.1, 0.15) is 19.8 Å². The summed E-state index contributed by atoms with van der Waals surface area (Å²) in [4.78, 5) is 25.7. The molecule has 6 heteroatoms. The second-order valence-electron chi connectivity index (χ2n) is 5.24. The van der Waals surface area contributed by atoms with E-state index in [1.807, 2.05) is 6.92 Å². The minimum absolute atomic E-state index is 0.00940. The summed E-state index contributed by atoms with van der Waals surface area (Å²) >= 11 is 0. The molecule has 0 radical (unpaired) electrons. The van der Waals surface area contributed by atoms with Crippen molar-refractivity contribution >= 4 is 11.9 Å². The van der Waals surface area contributed by atoms with Gasteiger partial charge in [0.25, 0.3) is 0 Å². The van der Waals surface area contributed by atoms with Gasteiger partial charge in [-0.3, -0.25) is 4.79 Å². The monoisotopic (exact) mass is 281 g/mol. The van der Waals surface area contributed by atoms with Crippen LogP contribution in [0.4, 0.5) is 4.79 Å². The highest BCUT2D eigenvalue weighted by Crippen LogP contribution is 2.22. The first-order valence-electron chi connectivity index (χ1n) is 7.23. The molecule has 2 saturated heterocycles. The quantitative estimate of drug-likeness (QED) is 0.737. The molecule has 0 aromatic carbocycles. The maximum Gasteiger partial charge on any atom is 0.317 e. The third kappa shape index (κ3) is 3.30. The van der Waals surface area contributed by atoms with Crippen molar-refractivity contribution in [2.24, 2.45) is 5.92 Å². The van der Waals surface area contributed by atoms with Gasteiger partial charge in [-0.1, -0.05) is 6.08 Å². The van der Waals surface area contributed by atoms with Gasteiger partial charge in [-0.15, -0.1) is 6.58 Å². The minimum Gasteiger partial charge on any atom is -0.373 e. The number of likely N-dealkylation sites (tertiary alicyclic amines) is 1. The molecule has 0 spiro atoms. The van der Waals surface area contributed by atoms with Crippen LogP contribution in [0, 0.1) is 5.92 Å². The molecular weight excluding hydrogens is 258 g/mol. The Labute approximate surface area is 119 Å². The number of carbonyl (C=O) groups excluding carboxylic acids is 2. The molecule has 6 nitrogen and oxygen atoms in total. The van der Waals surface area contributed by atoms with Crippen LogP contribution >= 0.6 is 0 Å². The van der Waals surface area contributed by atoms with Crippen molar-refractivity contribution in [1.82, 2.24) is 15.5 Å². The molecule has 3 amide bonds. The lowest BCUT2D eigenvalue weighted by atomic mass is 10.00. The van der Waals surface area contributed by atoms with Gasteiger partial charge < -0.3 is 20.3 Å². The highest BCUT2D eigenvalue weighted by Gasteiger charge is 2.34. The van der Waals surface area contributed by atoms with Crippen molar-refractivity contribution in [3.8, 4) is 0 Å². The van der Waals surface area contributed by atoms with E-state index in [1.165, 1.54) is 0 Å². The van der Waals surface area contributed by atoms with Crippen molar-refractivity contribution in [3.63, 3.8) is 0 Å². The standard InChI is InChI=1S/C14H23N3O3/c1-3-12-11(6-8-20-12)13(18)16-10-5-7-17(9-10)14(19)15-4-2/h3,10-12H,1,4-9H2,2H3,(H,15,19)(H,16,18)/t10?,11-,12+/m1/s1. The molecule has 2 rings (SSSR count). The Morgan fingerprint density at radius 2 is 2.25 bits per heavy atom. The lowest BCUT2D eigenvalue weighted by molar-refractivity contribution is -0.126. The zero-order valence-corrected chi connectivity index (χ0v) is 11.9. The van der Waals surface area contributed by atoms with E-state index in [0.717, 1.165) is 12.8 Å². The van der Waals surface area contributed by atoms with E-state index in [1.54, 1.807) is 11.0 Å². The second kappa shape index (κ2) is 6.74. The van der Waals surface area contributed by atoms with E-state index >= 15 is 0 Å². The number of nitrogens with one attached hydrogen (secondary N) is 2. The maximum absolute atomic E-state index is 12.2. The van der Waals surface area contributed by atoms with Crippen molar-refractivity contribution in [2.45, 2.75) is 31.9 Å². The number of hydrogen-bond acceptors (Lipinski definition) is 3. The molecule has 0 aromatic heterocycles. The molecule has 2 fully saturated rings. The average Bonchev–Trinajstić information content (AvgIpc) is 3.07. The smallest absolute Gasteiger partial charge is 0.317 e. The molecule has 3 atom stereocenters. The van der Waals surface area contributed by atoms with Gasteiger partial charge in [0.2, 0.25) is 5.91 Å². The van der Waals surface area contributed by atoms with Crippen LogP contribution in [0.3, 0.4) is 0 Å². The van der Waals surface area contributed by atoms with E-state index in [-0.39, 0.29) is 30.0 Å². The Hall–Kier alpha value is -1.56. The summed E-state index contributed by atoms with van der Waals surface area (Å²) in [5, 5.41) is 5.80. The number of nitrogens with zero attached hydrogens (tertiary/aromatic N) is 1. The van der Waals surface area contributed by atoms with Gasteiger partial charge in [-0.25, -0.2) is 4.79 Å². The predicted octanol–water partition coefficient (Wildman–Crippen LogP) is 0.498. The highest BCUT2D eigenvalue weighted by atomic mass is 16.5. The fourth-order valence-electron chi connectivity index (χ4n) is 2.76. The Morgan fingerprint density at radius 1 is 1.45 bits per heavy atom. The first kappa shape index (κ1) is 14.8. The van der Waals surface area contributed by atoms with Gasteiger partial charge in [-0.05, 0) is 19.8 Å². The molecule has 2 aliphatic rings. The molecule has 0 saturated carbocycles. The van der Waals surface area contributed by atoms with Crippen LogP contribution in [-0.4, -0.2) is 55.2 Å². The molecule has 2 aliphatic heterocycles. The highest BCUT2D eigenvalue weighted by molar-refractivity contribution is 5.80. The van der Waals surface area contributed by atoms with E-state index in [9.17, 15) is 9.59 Å². The summed E-state index contributed by atoms with van der Waals surface area (Å²) < 4.78 is 5.44. The van der Waals surface area contributed by atoms with Gasteiger partial charge in [-0.2, -0.15) is 0 Å². The van der Waals surface area contributed by atoms with E-state index in [4.69, 9.17) is 4.74 Å². The molecule has 112 valence electrons. The number of urea groups is 1. The van der Waals surface area contributed by atoms with E-state index in [0.29, 0.717) is 26.2 Å². The second-order valence-corrected chi connectivity index (χ2v) is 5.24. The topological polar surface area (TPSA) is 70.7 Å². The van der Waals surface area contributed by atoms with Crippen LogP contribution in [0.2, 0.25) is 0 Å². The zero-order chi connectivity index (χ0) is 14.5. The Kier molecular flexibility index (Phi) is 5.00. The zero-order valence-electron chi connectivity index (χ0n) is 11.9. The Balaban J connectivity index is 1.81. The van der Waals surface area contributed by atoms with Gasteiger partial charge in [0.05, 0.1) is 12.0 Å².